The monoisotopic (exact) mass is 247 g/mol. The van der Waals surface area contributed by atoms with Crippen LogP contribution in [0.4, 0.5) is 0 Å². The Hall–Kier alpha value is -1.59. The van der Waals surface area contributed by atoms with Crippen molar-refractivity contribution in [2.75, 3.05) is 13.6 Å². The first-order valence-corrected chi connectivity index (χ1v) is 6.27. The highest BCUT2D eigenvalue weighted by Crippen LogP contribution is 2.35. The van der Waals surface area contributed by atoms with Crippen molar-refractivity contribution in [1.82, 2.24) is 14.9 Å². The number of nitrogens with zero attached hydrogens (tertiary/aromatic N) is 1. The fourth-order valence-electron chi connectivity index (χ4n) is 2.36. The van der Waals surface area contributed by atoms with Gasteiger partial charge in [-0.1, -0.05) is 6.07 Å². The molecular formula is C13H17N3O2. The normalized spacial score (nSPS) is 17.2. The van der Waals surface area contributed by atoms with Gasteiger partial charge < -0.3 is 15.4 Å². The van der Waals surface area contributed by atoms with Gasteiger partial charge in [-0.2, -0.15) is 0 Å². The fourth-order valence-corrected chi connectivity index (χ4v) is 2.36. The zero-order valence-electron chi connectivity index (χ0n) is 10.3. The van der Waals surface area contributed by atoms with Gasteiger partial charge in [-0.25, -0.2) is 4.79 Å². The molecule has 1 aromatic carbocycles. The molecule has 0 saturated heterocycles. The quantitative estimate of drug-likeness (QED) is 0.752. The average Bonchev–Trinajstić information content (AvgIpc) is 3.11. The Bertz CT molecular complexity index is 625. The van der Waals surface area contributed by atoms with Gasteiger partial charge in [0.1, 0.15) is 0 Å². The van der Waals surface area contributed by atoms with Crippen LogP contribution >= 0.6 is 0 Å². The topological polar surface area (TPSA) is 70.1 Å². The molecule has 1 unspecified atom stereocenters. The van der Waals surface area contributed by atoms with Crippen LogP contribution in [0.25, 0.3) is 11.0 Å². The number of aromatic amines is 1. The van der Waals surface area contributed by atoms with E-state index in [9.17, 15) is 9.90 Å². The first-order chi connectivity index (χ1) is 8.70. The Kier molecular flexibility index (Phi) is 2.72. The van der Waals surface area contributed by atoms with Crippen LogP contribution in [-0.2, 0) is 0 Å². The number of H-pyrrole nitrogens is 1. The van der Waals surface area contributed by atoms with E-state index in [0.717, 1.165) is 29.4 Å². The standard InChI is InChI=1S/C13H17N3O2/c1-14-7-12(17)8-2-5-11-10(6-8)15-13(18)16(11)9-3-4-9/h2,5-6,9,12,14,17H,3-4,7H2,1H3,(H,15,18). The third-order valence-electron chi connectivity index (χ3n) is 3.43. The molecular weight excluding hydrogens is 230 g/mol. The molecule has 0 amide bonds. The number of hydrogen-bond donors (Lipinski definition) is 3. The number of aliphatic hydroxyl groups is 1. The van der Waals surface area contributed by atoms with Crippen molar-refractivity contribution < 1.29 is 5.11 Å². The summed E-state index contributed by atoms with van der Waals surface area (Å²) in [6.07, 6.45) is 1.61. The van der Waals surface area contributed by atoms with E-state index in [-0.39, 0.29) is 5.69 Å². The second-order valence-corrected chi connectivity index (χ2v) is 4.88. The largest absolute Gasteiger partial charge is 0.387 e. The van der Waals surface area contributed by atoms with Crippen LogP contribution in [0.2, 0.25) is 0 Å². The SMILES string of the molecule is CNCC(O)c1ccc2c(c1)[nH]c(=O)n2C1CC1. The smallest absolute Gasteiger partial charge is 0.326 e. The molecule has 0 bridgehead atoms. The molecule has 0 radical (unpaired) electrons. The molecule has 5 nitrogen and oxygen atoms in total. The zero-order valence-corrected chi connectivity index (χ0v) is 10.3. The Balaban J connectivity index is 2.05. The molecule has 3 rings (SSSR count). The summed E-state index contributed by atoms with van der Waals surface area (Å²) in [4.78, 5) is 14.7. The molecule has 1 heterocycles. The fraction of sp³-hybridized carbons (Fsp3) is 0.462. The molecule has 96 valence electrons. The lowest BCUT2D eigenvalue weighted by molar-refractivity contribution is 0.178. The molecule has 18 heavy (non-hydrogen) atoms. The molecule has 1 aliphatic rings. The first kappa shape index (κ1) is 11.5. The van der Waals surface area contributed by atoms with Crippen molar-refractivity contribution in [2.24, 2.45) is 0 Å². The maximum absolute atomic E-state index is 11.9. The minimum absolute atomic E-state index is 0.0484. The van der Waals surface area contributed by atoms with Gasteiger partial charge in [0.05, 0.1) is 17.1 Å². The third kappa shape index (κ3) is 1.85. The molecule has 1 saturated carbocycles. The van der Waals surface area contributed by atoms with E-state index in [2.05, 4.69) is 10.3 Å². The third-order valence-corrected chi connectivity index (χ3v) is 3.43. The van der Waals surface area contributed by atoms with E-state index in [1.807, 2.05) is 22.8 Å². The molecule has 1 aliphatic carbocycles. The Labute approximate surface area is 104 Å². The molecule has 3 N–H and O–H groups in total. The minimum Gasteiger partial charge on any atom is -0.387 e. The molecule has 1 fully saturated rings. The van der Waals surface area contributed by atoms with Crippen molar-refractivity contribution in [2.45, 2.75) is 25.0 Å². The maximum atomic E-state index is 11.9. The number of fused-ring (bicyclic) bond motifs is 1. The maximum Gasteiger partial charge on any atom is 0.326 e. The van der Waals surface area contributed by atoms with Crippen LogP contribution in [0, 0.1) is 0 Å². The number of likely N-dealkylation sites (N-methyl/N-ethyl adjacent to an activating group) is 1. The van der Waals surface area contributed by atoms with Gasteiger partial charge in [0.25, 0.3) is 0 Å². The summed E-state index contributed by atoms with van der Waals surface area (Å²) < 4.78 is 1.82. The van der Waals surface area contributed by atoms with Crippen molar-refractivity contribution in [3.8, 4) is 0 Å². The molecule has 0 aliphatic heterocycles. The van der Waals surface area contributed by atoms with Crippen LogP contribution in [0.15, 0.2) is 23.0 Å². The van der Waals surface area contributed by atoms with Crippen LogP contribution in [0.3, 0.4) is 0 Å². The predicted octanol–water partition coefficient (Wildman–Crippen LogP) is 0.917. The lowest BCUT2D eigenvalue weighted by atomic mass is 10.1. The van der Waals surface area contributed by atoms with Crippen molar-refractivity contribution >= 4 is 11.0 Å². The van der Waals surface area contributed by atoms with Crippen LogP contribution in [-0.4, -0.2) is 28.3 Å². The summed E-state index contributed by atoms with van der Waals surface area (Å²) in [7, 11) is 1.80. The molecule has 1 atom stereocenters. The summed E-state index contributed by atoms with van der Waals surface area (Å²) in [5.74, 6) is 0. The number of imidazole rings is 1. The highest BCUT2D eigenvalue weighted by atomic mass is 16.3. The second kappa shape index (κ2) is 4.26. The average molecular weight is 247 g/mol. The number of benzene rings is 1. The van der Waals surface area contributed by atoms with E-state index < -0.39 is 6.10 Å². The summed E-state index contributed by atoms with van der Waals surface area (Å²) in [6.45, 7) is 0.499. The van der Waals surface area contributed by atoms with Gasteiger partial charge >= 0.3 is 5.69 Å². The Morgan fingerprint density at radius 1 is 1.56 bits per heavy atom. The highest BCUT2D eigenvalue weighted by molar-refractivity contribution is 5.76. The van der Waals surface area contributed by atoms with Crippen LogP contribution in [0.5, 0.6) is 0 Å². The van der Waals surface area contributed by atoms with Gasteiger partial charge in [-0.3, -0.25) is 4.57 Å². The lowest BCUT2D eigenvalue weighted by Crippen LogP contribution is -2.16. The Morgan fingerprint density at radius 3 is 3.00 bits per heavy atom. The van der Waals surface area contributed by atoms with Crippen molar-refractivity contribution in [3.05, 3.63) is 34.2 Å². The van der Waals surface area contributed by atoms with Crippen molar-refractivity contribution in [1.29, 1.82) is 0 Å². The van der Waals surface area contributed by atoms with E-state index in [0.29, 0.717) is 12.6 Å². The van der Waals surface area contributed by atoms with Crippen molar-refractivity contribution in [3.63, 3.8) is 0 Å². The summed E-state index contributed by atoms with van der Waals surface area (Å²) >= 11 is 0. The summed E-state index contributed by atoms with van der Waals surface area (Å²) in [5.41, 5.74) is 2.51. The van der Waals surface area contributed by atoms with E-state index in [4.69, 9.17) is 0 Å². The first-order valence-electron chi connectivity index (χ1n) is 6.27. The van der Waals surface area contributed by atoms with Crippen LogP contribution in [0.1, 0.15) is 30.6 Å². The Morgan fingerprint density at radius 2 is 2.33 bits per heavy atom. The van der Waals surface area contributed by atoms with Gasteiger partial charge in [-0.15, -0.1) is 0 Å². The van der Waals surface area contributed by atoms with Gasteiger partial charge in [0.2, 0.25) is 0 Å². The minimum atomic E-state index is -0.549. The second-order valence-electron chi connectivity index (χ2n) is 4.88. The number of nitrogens with one attached hydrogen (secondary N) is 2. The molecule has 5 heteroatoms. The van der Waals surface area contributed by atoms with Crippen LogP contribution < -0.4 is 11.0 Å². The summed E-state index contributed by atoms with van der Waals surface area (Å²) in [5, 5.41) is 12.8. The van der Waals surface area contributed by atoms with E-state index >= 15 is 0 Å². The number of aliphatic hydroxyl groups excluding tert-OH is 1. The molecule has 0 spiro atoms. The number of aromatic nitrogens is 2. The van der Waals surface area contributed by atoms with Gasteiger partial charge in [0.15, 0.2) is 0 Å². The van der Waals surface area contributed by atoms with Gasteiger partial charge in [0, 0.05) is 12.6 Å². The number of hydrogen-bond acceptors (Lipinski definition) is 3. The number of rotatable bonds is 4. The highest BCUT2D eigenvalue weighted by Gasteiger charge is 2.27. The lowest BCUT2D eigenvalue weighted by Gasteiger charge is -2.10. The van der Waals surface area contributed by atoms with E-state index in [1.165, 1.54) is 0 Å². The van der Waals surface area contributed by atoms with Gasteiger partial charge in [-0.05, 0) is 37.6 Å². The molecule has 1 aromatic heterocycles. The predicted molar refractivity (Wildman–Crippen MR) is 69.7 cm³/mol. The van der Waals surface area contributed by atoms with E-state index in [1.54, 1.807) is 7.05 Å². The zero-order chi connectivity index (χ0) is 12.7. The molecule has 2 aromatic rings. The summed E-state index contributed by atoms with van der Waals surface area (Å²) in [6, 6.07) is 6.02.